The molecule has 0 bridgehead atoms. The summed E-state index contributed by atoms with van der Waals surface area (Å²) in [6.45, 7) is 0.356. The van der Waals surface area contributed by atoms with E-state index in [0.717, 1.165) is 34.7 Å². The highest BCUT2D eigenvalue weighted by Gasteiger charge is 2.04. The average molecular weight is 315 g/mol. The molecule has 4 heteroatoms. The number of thioether (sulfide) groups is 1. The highest BCUT2D eigenvalue weighted by molar-refractivity contribution is 7.99. The Bertz CT molecular complexity index is 587. The van der Waals surface area contributed by atoms with Crippen LogP contribution in [0.2, 0.25) is 0 Å². The predicted molar refractivity (Wildman–Crippen MR) is 91.7 cm³/mol. The highest BCUT2D eigenvalue weighted by Crippen LogP contribution is 2.25. The van der Waals surface area contributed by atoms with Gasteiger partial charge in [0.1, 0.15) is 6.61 Å². The van der Waals surface area contributed by atoms with Crippen LogP contribution < -0.4 is 5.73 Å². The SMILES string of the molecule is Nc1ccccc1SCCCCC(=O)OCc1ccccc1. The molecule has 22 heavy (non-hydrogen) atoms. The zero-order valence-corrected chi connectivity index (χ0v) is 13.4. The zero-order valence-electron chi connectivity index (χ0n) is 12.5. The Morgan fingerprint density at radius 2 is 1.73 bits per heavy atom. The van der Waals surface area contributed by atoms with E-state index in [-0.39, 0.29) is 5.97 Å². The van der Waals surface area contributed by atoms with Gasteiger partial charge in [0, 0.05) is 17.0 Å². The lowest BCUT2D eigenvalue weighted by atomic mass is 10.2. The summed E-state index contributed by atoms with van der Waals surface area (Å²) in [5.74, 6) is 0.827. The van der Waals surface area contributed by atoms with Gasteiger partial charge in [-0.2, -0.15) is 0 Å². The maximum absolute atomic E-state index is 11.7. The van der Waals surface area contributed by atoms with E-state index in [1.54, 1.807) is 11.8 Å². The Kier molecular flexibility index (Phi) is 6.84. The van der Waals surface area contributed by atoms with Crippen molar-refractivity contribution in [2.45, 2.75) is 30.8 Å². The van der Waals surface area contributed by atoms with Gasteiger partial charge in [-0.3, -0.25) is 4.79 Å². The Balaban J connectivity index is 1.57. The predicted octanol–water partition coefficient (Wildman–Crippen LogP) is 4.27. The van der Waals surface area contributed by atoms with Gasteiger partial charge in [0.25, 0.3) is 0 Å². The van der Waals surface area contributed by atoms with E-state index in [1.807, 2.05) is 54.6 Å². The number of rotatable bonds is 8. The molecular weight excluding hydrogens is 294 g/mol. The van der Waals surface area contributed by atoms with Gasteiger partial charge in [-0.15, -0.1) is 11.8 Å². The average Bonchev–Trinajstić information content (AvgIpc) is 2.55. The number of hydrogen-bond donors (Lipinski definition) is 1. The molecule has 0 spiro atoms. The molecule has 0 aliphatic carbocycles. The number of anilines is 1. The van der Waals surface area contributed by atoms with Crippen LogP contribution in [0.3, 0.4) is 0 Å². The van der Waals surface area contributed by atoms with E-state index in [0.29, 0.717) is 13.0 Å². The molecule has 0 saturated carbocycles. The number of carbonyl (C=O) groups is 1. The van der Waals surface area contributed by atoms with Gasteiger partial charge in [0.2, 0.25) is 0 Å². The second kappa shape index (κ2) is 9.15. The number of nitrogen functional groups attached to an aromatic ring is 1. The molecule has 0 atom stereocenters. The standard InChI is InChI=1S/C18H21NO2S/c19-16-10-4-5-11-17(16)22-13-7-6-12-18(20)21-14-15-8-2-1-3-9-15/h1-5,8-11H,6-7,12-14,19H2. The lowest BCUT2D eigenvalue weighted by molar-refractivity contribution is -0.145. The van der Waals surface area contributed by atoms with Gasteiger partial charge in [-0.25, -0.2) is 0 Å². The second-order valence-electron chi connectivity index (χ2n) is 4.99. The molecule has 2 aromatic rings. The van der Waals surface area contributed by atoms with Crippen molar-refractivity contribution < 1.29 is 9.53 Å². The normalized spacial score (nSPS) is 10.4. The fourth-order valence-electron chi connectivity index (χ4n) is 1.98. The number of para-hydroxylation sites is 1. The summed E-state index contributed by atoms with van der Waals surface area (Å²) in [7, 11) is 0. The van der Waals surface area contributed by atoms with Crippen LogP contribution in [0.25, 0.3) is 0 Å². The summed E-state index contributed by atoms with van der Waals surface area (Å²) in [4.78, 5) is 12.8. The van der Waals surface area contributed by atoms with E-state index in [9.17, 15) is 4.79 Å². The van der Waals surface area contributed by atoms with Crippen molar-refractivity contribution in [1.29, 1.82) is 0 Å². The maximum Gasteiger partial charge on any atom is 0.306 e. The molecule has 0 saturated heterocycles. The third-order valence-electron chi connectivity index (χ3n) is 3.19. The van der Waals surface area contributed by atoms with Crippen molar-refractivity contribution in [1.82, 2.24) is 0 Å². The Labute approximate surface area is 135 Å². The molecule has 2 N–H and O–H groups in total. The summed E-state index contributed by atoms with van der Waals surface area (Å²) in [6.07, 6.45) is 2.28. The molecule has 2 rings (SSSR count). The molecule has 0 aromatic heterocycles. The Morgan fingerprint density at radius 1 is 1.00 bits per heavy atom. The van der Waals surface area contributed by atoms with Gasteiger partial charge >= 0.3 is 5.97 Å². The zero-order chi connectivity index (χ0) is 15.6. The van der Waals surface area contributed by atoms with Crippen LogP contribution in [0, 0.1) is 0 Å². The summed E-state index contributed by atoms with van der Waals surface area (Å²) in [6, 6.07) is 17.6. The molecule has 0 amide bonds. The minimum absolute atomic E-state index is 0.131. The molecule has 0 aliphatic heterocycles. The lowest BCUT2D eigenvalue weighted by Crippen LogP contribution is -2.04. The van der Waals surface area contributed by atoms with Crippen LogP contribution in [0.5, 0.6) is 0 Å². The van der Waals surface area contributed by atoms with Crippen LogP contribution in [0.15, 0.2) is 59.5 Å². The fourth-order valence-corrected chi connectivity index (χ4v) is 2.95. The summed E-state index contributed by atoms with van der Waals surface area (Å²) in [5.41, 5.74) is 7.72. The maximum atomic E-state index is 11.7. The lowest BCUT2D eigenvalue weighted by Gasteiger charge is -2.06. The van der Waals surface area contributed by atoms with Crippen molar-refractivity contribution in [3.63, 3.8) is 0 Å². The minimum atomic E-state index is -0.131. The first-order valence-electron chi connectivity index (χ1n) is 7.42. The van der Waals surface area contributed by atoms with Gasteiger partial charge in [0.05, 0.1) is 0 Å². The summed E-state index contributed by atoms with van der Waals surface area (Å²) in [5, 5.41) is 0. The molecule has 0 aliphatic rings. The number of esters is 1. The van der Waals surface area contributed by atoms with Gasteiger partial charge < -0.3 is 10.5 Å². The van der Waals surface area contributed by atoms with Crippen LogP contribution in [-0.4, -0.2) is 11.7 Å². The third-order valence-corrected chi connectivity index (χ3v) is 4.37. The molecule has 0 unspecified atom stereocenters. The number of carbonyl (C=O) groups excluding carboxylic acids is 1. The first-order chi connectivity index (χ1) is 10.8. The summed E-state index contributed by atoms with van der Waals surface area (Å²) >= 11 is 1.73. The van der Waals surface area contributed by atoms with Crippen molar-refractivity contribution in [2.75, 3.05) is 11.5 Å². The van der Waals surface area contributed by atoms with E-state index < -0.39 is 0 Å². The van der Waals surface area contributed by atoms with E-state index in [1.165, 1.54) is 0 Å². The number of benzene rings is 2. The fraction of sp³-hybridized carbons (Fsp3) is 0.278. The molecular formula is C18H21NO2S. The quantitative estimate of drug-likeness (QED) is 0.342. The second-order valence-corrected chi connectivity index (χ2v) is 6.13. The Hall–Kier alpha value is -1.94. The van der Waals surface area contributed by atoms with E-state index in [4.69, 9.17) is 10.5 Å². The largest absolute Gasteiger partial charge is 0.461 e. The van der Waals surface area contributed by atoms with E-state index in [2.05, 4.69) is 0 Å². The van der Waals surface area contributed by atoms with Crippen molar-refractivity contribution in [3.8, 4) is 0 Å². The number of nitrogens with two attached hydrogens (primary N) is 1. The van der Waals surface area contributed by atoms with Crippen LogP contribution >= 0.6 is 11.8 Å². The number of hydrogen-bond acceptors (Lipinski definition) is 4. The van der Waals surface area contributed by atoms with E-state index >= 15 is 0 Å². The molecule has 0 fully saturated rings. The van der Waals surface area contributed by atoms with Crippen molar-refractivity contribution >= 4 is 23.4 Å². The van der Waals surface area contributed by atoms with Crippen LogP contribution in [-0.2, 0) is 16.1 Å². The summed E-state index contributed by atoms with van der Waals surface area (Å²) < 4.78 is 5.25. The molecule has 0 heterocycles. The topological polar surface area (TPSA) is 52.3 Å². The van der Waals surface area contributed by atoms with Crippen LogP contribution in [0.1, 0.15) is 24.8 Å². The third kappa shape index (κ3) is 5.82. The first-order valence-corrected chi connectivity index (χ1v) is 8.41. The van der Waals surface area contributed by atoms with Gasteiger partial charge in [-0.1, -0.05) is 42.5 Å². The molecule has 2 aromatic carbocycles. The minimum Gasteiger partial charge on any atom is -0.461 e. The van der Waals surface area contributed by atoms with Crippen molar-refractivity contribution in [3.05, 3.63) is 60.2 Å². The molecule has 116 valence electrons. The number of unbranched alkanes of at least 4 members (excludes halogenated alkanes) is 1. The van der Waals surface area contributed by atoms with Gasteiger partial charge in [0.15, 0.2) is 0 Å². The Morgan fingerprint density at radius 3 is 2.50 bits per heavy atom. The van der Waals surface area contributed by atoms with Crippen molar-refractivity contribution in [2.24, 2.45) is 0 Å². The van der Waals surface area contributed by atoms with Gasteiger partial charge in [-0.05, 0) is 36.3 Å². The first kappa shape index (κ1) is 16.4. The molecule has 3 nitrogen and oxygen atoms in total. The monoisotopic (exact) mass is 315 g/mol. The van der Waals surface area contributed by atoms with Crippen LogP contribution in [0.4, 0.5) is 5.69 Å². The highest BCUT2D eigenvalue weighted by atomic mass is 32.2. The number of ether oxygens (including phenoxy) is 1. The molecule has 0 radical (unpaired) electrons. The smallest absolute Gasteiger partial charge is 0.306 e.